The fourth-order valence-electron chi connectivity index (χ4n) is 0.797. The molecular formula is C7H4BrCl2F2N. The lowest BCUT2D eigenvalue weighted by Crippen LogP contribution is -1.94. The van der Waals surface area contributed by atoms with Crippen molar-refractivity contribution < 1.29 is 8.78 Å². The normalized spacial score (nSPS) is 10.9. The van der Waals surface area contributed by atoms with Crippen LogP contribution in [-0.4, -0.2) is 4.98 Å². The third kappa shape index (κ3) is 2.51. The molecule has 13 heavy (non-hydrogen) atoms. The maximum absolute atomic E-state index is 12.3. The molecule has 6 heteroatoms. The van der Waals surface area contributed by atoms with Gasteiger partial charge in [0.05, 0.1) is 16.6 Å². The van der Waals surface area contributed by atoms with Crippen LogP contribution in [-0.2, 0) is 5.88 Å². The van der Waals surface area contributed by atoms with Gasteiger partial charge in [-0.2, -0.15) is 0 Å². The third-order valence-electron chi connectivity index (χ3n) is 1.37. The molecular weight excluding hydrogens is 287 g/mol. The molecule has 0 saturated heterocycles. The summed E-state index contributed by atoms with van der Waals surface area (Å²) in [5.41, 5.74) is 0.118. The van der Waals surface area contributed by atoms with E-state index in [4.69, 9.17) is 23.2 Å². The van der Waals surface area contributed by atoms with Crippen LogP contribution in [0.1, 0.15) is 17.7 Å². The Bertz CT molecular complexity index is 320. The molecule has 0 aromatic carbocycles. The van der Waals surface area contributed by atoms with E-state index < -0.39 is 6.43 Å². The van der Waals surface area contributed by atoms with Gasteiger partial charge in [0, 0.05) is 5.56 Å². The van der Waals surface area contributed by atoms with Crippen molar-refractivity contribution in [1.82, 2.24) is 4.98 Å². The predicted octanol–water partition coefficient (Wildman–Crippen LogP) is 4.17. The van der Waals surface area contributed by atoms with Crippen LogP contribution in [0.3, 0.4) is 0 Å². The van der Waals surface area contributed by atoms with Crippen LogP contribution >= 0.6 is 39.1 Å². The fraction of sp³-hybridized carbons (Fsp3) is 0.286. The van der Waals surface area contributed by atoms with Gasteiger partial charge in [0.2, 0.25) is 0 Å². The van der Waals surface area contributed by atoms with Crippen LogP contribution in [0.4, 0.5) is 8.78 Å². The quantitative estimate of drug-likeness (QED) is 0.588. The van der Waals surface area contributed by atoms with Gasteiger partial charge in [-0.25, -0.2) is 13.8 Å². The highest BCUT2D eigenvalue weighted by Crippen LogP contribution is 2.32. The second-order valence-electron chi connectivity index (χ2n) is 2.24. The minimum atomic E-state index is -2.62. The fourth-order valence-corrected chi connectivity index (χ4v) is 1.57. The van der Waals surface area contributed by atoms with Crippen molar-refractivity contribution in [2.45, 2.75) is 12.3 Å². The van der Waals surface area contributed by atoms with E-state index in [0.717, 1.165) is 0 Å². The first kappa shape index (κ1) is 11.1. The first-order chi connectivity index (χ1) is 6.06. The molecule has 72 valence electrons. The Morgan fingerprint density at radius 3 is 2.62 bits per heavy atom. The van der Waals surface area contributed by atoms with Crippen LogP contribution in [0.5, 0.6) is 0 Å². The zero-order chi connectivity index (χ0) is 10.0. The Morgan fingerprint density at radius 2 is 2.15 bits per heavy atom. The highest BCUT2D eigenvalue weighted by molar-refractivity contribution is 9.10. The van der Waals surface area contributed by atoms with Gasteiger partial charge < -0.3 is 0 Å². The summed E-state index contributed by atoms with van der Waals surface area (Å²) in [5.74, 6) is 0.0789. The number of pyridine rings is 1. The second-order valence-corrected chi connectivity index (χ2v) is 3.64. The first-order valence-corrected chi connectivity index (χ1v) is 4.95. The predicted molar refractivity (Wildman–Crippen MR) is 51.5 cm³/mol. The minimum absolute atomic E-state index is 0.0659. The van der Waals surface area contributed by atoms with Crippen LogP contribution < -0.4 is 0 Å². The van der Waals surface area contributed by atoms with E-state index in [1.165, 1.54) is 6.07 Å². The van der Waals surface area contributed by atoms with Gasteiger partial charge in [-0.05, 0) is 22.0 Å². The van der Waals surface area contributed by atoms with E-state index in [9.17, 15) is 8.78 Å². The monoisotopic (exact) mass is 289 g/mol. The van der Waals surface area contributed by atoms with Crippen molar-refractivity contribution in [3.8, 4) is 0 Å². The Morgan fingerprint density at radius 1 is 1.54 bits per heavy atom. The van der Waals surface area contributed by atoms with Crippen molar-refractivity contribution in [3.63, 3.8) is 0 Å². The van der Waals surface area contributed by atoms with Gasteiger partial charge >= 0.3 is 0 Å². The summed E-state index contributed by atoms with van der Waals surface area (Å²) in [4.78, 5) is 3.85. The van der Waals surface area contributed by atoms with Gasteiger partial charge in [-0.15, -0.1) is 11.6 Å². The van der Waals surface area contributed by atoms with Crippen molar-refractivity contribution >= 4 is 39.1 Å². The van der Waals surface area contributed by atoms with Gasteiger partial charge in [-0.1, -0.05) is 11.6 Å². The molecule has 0 spiro atoms. The minimum Gasteiger partial charge on any atom is -0.243 e. The van der Waals surface area contributed by atoms with Crippen molar-refractivity contribution in [3.05, 3.63) is 26.9 Å². The van der Waals surface area contributed by atoms with Crippen LogP contribution in [0.25, 0.3) is 0 Å². The van der Waals surface area contributed by atoms with Crippen LogP contribution in [0.15, 0.2) is 10.7 Å². The smallest absolute Gasteiger partial charge is 0.243 e. The Labute approximate surface area is 92.2 Å². The summed E-state index contributed by atoms with van der Waals surface area (Å²) in [7, 11) is 0. The molecule has 0 saturated carbocycles. The summed E-state index contributed by atoms with van der Waals surface area (Å²) in [5, 5.41) is -0.0659. The largest absolute Gasteiger partial charge is 0.265 e. The number of nitrogens with zero attached hydrogens (tertiary/aromatic N) is 1. The molecule has 0 amide bonds. The van der Waals surface area contributed by atoms with Crippen LogP contribution in [0.2, 0.25) is 5.02 Å². The van der Waals surface area contributed by atoms with E-state index >= 15 is 0 Å². The Kier molecular flexibility index (Phi) is 3.88. The lowest BCUT2D eigenvalue weighted by Gasteiger charge is -2.06. The Balaban J connectivity index is 3.25. The summed E-state index contributed by atoms with van der Waals surface area (Å²) >= 11 is 14.0. The van der Waals surface area contributed by atoms with E-state index in [2.05, 4.69) is 20.9 Å². The standard InChI is InChI=1S/C7H4BrCl2F2N/c8-6-5(10)4(7(11)12)1-3(2-9)13-6/h1,7H,2H2. The highest BCUT2D eigenvalue weighted by Gasteiger charge is 2.16. The molecule has 0 atom stereocenters. The lowest BCUT2D eigenvalue weighted by molar-refractivity contribution is 0.151. The van der Waals surface area contributed by atoms with E-state index in [1.54, 1.807) is 0 Å². The topological polar surface area (TPSA) is 12.9 Å². The van der Waals surface area contributed by atoms with E-state index in [1.807, 2.05) is 0 Å². The molecule has 0 aliphatic carbocycles. The zero-order valence-corrected chi connectivity index (χ0v) is 9.30. The van der Waals surface area contributed by atoms with Crippen molar-refractivity contribution in [2.24, 2.45) is 0 Å². The molecule has 0 radical (unpaired) electrons. The van der Waals surface area contributed by atoms with E-state index in [0.29, 0.717) is 5.69 Å². The number of alkyl halides is 3. The second kappa shape index (κ2) is 4.53. The van der Waals surface area contributed by atoms with E-state index in [-0.39, 0.29) is 21.1 Å². The SMILES string of the molecule is FC(F)c1cc(CCl)nc(Br)c1Cl. The average molecular weight is 291 g/mol. The van der Waals surface area contributed by atoms with Crippen molar-refractivity contribution in [2.75, 3.05) is 0 Å². The van der Waals surface area contributed by atoms with Gasteiger partial charge in [0.25, 0.3) is 6.43 Å². The molecule has 1 heterocycles. The number of halogens is 5. The molecule has 1 aromatic rings. The summed E-state index contributed by atoms with van der Waals surface area (Å²) < 4.78 is 24.9. The maximum atomic E-state index is 12.3. The Hall–Kier alpha value is 0.0700. The summed E-state index contributed by atoms with van der Waals surface area (Å²) in [6.45, 7) is 0. The molecule has 0 bridgehead atoms. The van der Waals surface area contributed by atoms with Gasteiger partial charge in [0.15, 0.2) is 0 Å². The van der Waals surface area contributed by atoms with Crippen LogP contribution in [0, 0.1) is 0 Å². The molecule has 0 unspecified atom stereocenters. The number of aromatic nitrogens is 1. The molecule has 1 rings (SSSR count). The summed E-state index contributed by atoms with van der Waals surface area (Å²) in [6.07, 6.45) is -2.62. The molecule has 0 N–H and O–H groups in total. The molecule has 1 aromatic heterocycles. The number of hydrogen-bond donors (Lipinski definition) is 0. The first-order valence-electron chi connectivity index (χ1n) is 3.25. The number of hydrogen-bond acceptors (Lipinski definition) is 1. The third-order valence-corrected chi connectivity index (χ3v) is 2.84. The van der Waals surface area contributed by atoms with Gasteiger partial charge in [-0.3, -0.25) is 0 Å². The maximum Gasteiger partial charge on any atom is 0.265 e. The summed E-state index contributed by atoms with van der Waals surface area (Å²) in [6, 6.07) is 1.20. The lowest BCUT2D eigenvalue weighted by atomic mass is 10.2. The number of rotatable bonds is 2. The highest BCUT2D eigenvalue weighted by atomic mass is 79.9. The van der Waals surface area contributed by atoms with Gasteiger partial charge in [0.1, 0.15) is 4.60 Å². The van der Waals surface area contributed by atoms with Crippen molar-refractivity contribution in [1.29, 1.82) is 0 Å². The molecule has 1 nitrogen and oxygen atoms in total. The molecule has 0 aliphatic heterocycles. The molecule has 0 aliphatic rings. The average Bonchev–Trinajstić information content (AvgIpc) is 2.09. The molecule has 0 fully saturated rings. The zero-order valence-electron chi connectivity index (χ0n) is 6.20.